The Morgan fingerprint density at radius 3 is 2.26 bits per heavy atom. The first-order chi connectivity index (χ1) is 9.29. The molecule has 0 aromatic rings. The van der Waals surface area contributed by atoms with Gasteiger partial charge in [0, 0.05) is 12.1 Å². The summed E-state index contributed by atoms with van der Waals surface area (Å²) in [5.74, 6) is 4.37. The molecule has 4 fully saturated rings. The molecule has 4 saturated carbocycles. The average Bonchev–Trinajstić information content (AvgIpc) is 3.18. The molecule has 104 valence electrons. The molecule has 0 spiro atoms. The lowest BCUT2D eigenvalue weighted by molar-refractivity contribution is -0.126. The highest BCUT2D eigenvalue weighted by Gasteiger charge is 2.43. The van der Waals surface area contributed by atoms with Gasteiger partial charge >= 0.3 is 0 Å². The molecule has 0 aromatic carbocycles. The predicted molar refractivity (Wildman–Crippen MR) is 74.5 cm³/mol. The van der Waals surface area contributed by atoms with Gasteiger partial charge in [-0.3, -0.25) is 4.79 Å². The number of amides is 1. The number of hydrogen-bond acceptors (Lipinski definition) is 2. The van der Waals surface area contributed by atoms with Crippen molar-refractivity contribution in [2.75, 3.05) is 0 Å². The molecule has 4 aliphatic carbocycles. The molecular formula is C16H24N2O. The summed E-state index contributed by atoms with van der Waals surface area (Å²) in [7, 11) is 0. The number of rotatable bonds is 3. The third kappa shape index (κ3) is 2.11. The van der Waals surface area contributed by atoms with Crippen LogP contribution in [-0.4, -0.2) is 12.1 Å². The maximum Gasteiger partial charge on any atom is 0.243 e. The van der Waals surface area contributed by atoms with E-state index in [0.717, 1.165) is 24.2 Å². The van der Waals surface area contributed by atoms with E-state index in [4.69, 9.17) is 0 Å². The number of hydrazone groups is 1. The van der Waals surface area contributed by atoms with Gasteiger partial charge in [-0.05, 0) is 68.1 Å². The van der Waals surface area contributed by atoms with Crippen LogP contribution in [0.5, 0.6) is 0 Å². The topological polar surface area (TPSA) is 41.5 Å². The molecule has 1 N–H and O–H groups in total. The Balaban J connectivity index is 1.29. The maximum atomic E-state index is 12.1. The van der Waals surface area contributed by atoms with E-state index in [1.54, 1.807) is 0 Å². The van der Waals surface area contributed by atoms with Crippen LogP contribution in [0.4, 0.5) is 0 Å². The van der Waals surface area contributed by atoms with Crippen molar-refractivity contribution < 1.29 is 4.79 Å². The van der Waals surface area contributed by atoms with Crippen molar-refractivity contribution in [3.8, 4) is 0 Å². The van der Waals surface area contributed by atoms with E-state index >= 15 is 0 Å². The van der Waals surface area contributed by atoms with Gasteiger partial charge in [-0.15, -0.1) is 0 Å². The molecule has 0 unspecified atom stereocenters. The summed E-state index contributed by atoms with van der Waals surface area (Å²) < 4.78 is 0. The van der Waals surface area contributed by atoms with Crippen LogP contribution in [0, 0.1) is 35.5 Å². The van der Waals surface area contributed by atoms with Crippen molar-refractivity contribution >= 4 is 12.1 Å². The lowest BCUT2D eigenvalue weighted by atomic mass is 9.88. The zero-order chi connectivity index (χ0) is 12.8. The number of carbonyl (C=O) groups is 1. The van der Waals surface area contributed by atoms with E-state index in [-0.39, 0.29) is 11.8 Å². The van der Waals surface area contributed by atoms with Crippen molar-refractivity contribution in [1.82, 2.24) is 5.43 Å². The molecule has 6 atom stereocenters. The van der Waals surface area contributed by atoms with Crippen LogP contribution in [0.1, 0.15) is 51.4 Å². The fraction of sp³-hybridized carbons (Fsp3) is 0.875. The van der Waals surface area contributed by atoms with Gasteiger partial charge in [0.15, 0.2) is 0 Å². The van der Waals surface area contributed by atoms with Crippen molar-refractivity contribution in [2.45, 2.75) is 51.4 Å². The van der Waals surface area contributed by atoms with Crippen molar-refractivity contribution in [3.05, 3.63) is 0 Å². The predicted octanol–water partition coefficient (Wildman–Crippen LogP) is 2.96. The second-order valence-electron chi connectivity index (χ2n) is 7.37. The molecule has 4 aliphatic rings. The molecule has 3 nitrogen and oxygen atoms in total. The smallest absolute Gasteiger partial charge is 0.243 e. The summed E-state index contributed by atoms with van der Waals surface area (Å²) >= 11 is 0. The normalized spacial score (nSPS) is 47.4. The van der Waals surface area contributed by atoms with Crippen LogP contribution in [0.2, 0.25) is 0 Å². The highest BCUT2D eigenvalue weighted by Crippen LogP contribution is 2.48. The van der Waals surface area contributed by atoms with Crippen LogP contribution < -0.4 is 5.43 Å². The standard InChI is InChI=1S/C16H24N2O/c19-16(15-8-11-2-4-13(15)6-11)18-17-9-14-7-10-1-3-12(14)5-10/h9-15H,1-8H2,(H,18,19)/b17-9-/t10-,11-,12+,13-,14-,15+/m0/s1. The van der Waals surface area contributed by atoms with Crippen LogP contribution in [0.3, 0.4) is 0 Å². The molecule has 0 radical (unpaired) electrons. The largest absolute Gasteiger partial charge is 0.273 e. The zero-order valence-electron chi connectivity index (χ0n) is 11.6. The monoisotopic (exact) mass is 260 g/mol. The number of nitrogens with one attached hydrogen (secondary N) is 1. The Morgan fingerprint density at radius 1 is 0.947 bits per heavy atom. The third-order valence-electron chi connectivity index (χ3n) is 6.31. The van der Waals surface area contributed by atoms with Crippen LogP contribution in [0.15, 0.2) is 5.10 Å². The van der Waals surface area contributed by atoms with E-state index in [1.165, 1.54) is 44.9 Å². The minimum Gasteiger partial charge on any atom is -0.273 e. The number of carbonyl (C=O) groups excluding carboxylic acids is 1. The first kappa shape index (κ1) is 11.9. The fourth-order valence-corrected chi connectivity index (χ4v) is 5.32. The Hall–Kier alpha value is -0.860. The van der Waals surface area contributed by atoms with E-state index in [9.17, 15) is 4.79 Å². The highest BCUT2D eigenvalue weighted by molar-refractivity contribution is 5.80. The van der Waals surface area contributed by atoms with Gasteiger partial charge in [0.1, 0.15) is 0 Å². The Morgan fingerprint density at radius 2 is 1.68 bits per heavy atom. The van der Waals surface area contributed by atoms with Gasteiger partial charge in [-0.1, -0.05) is 12.8 Å². The van der Waals surface area contributed by atoms with Crippen LogP contribution in [-0.2, 0) is 4.79 Å². The summed E-state index contributed by atoms with van der Waals surface area (Å²) in [6.45, 7) is 0. The zero-order valence-corrected chi connectivity index (χ0v) is 11.6. The maximum absolute atomic E-state index is 12.1. The van der Waals surface area contributed by atoms with Gasteiger partial charge in [-0.25, -0.2) is 5.43 Å². The van der Waals surface area contributed by atoms with E-state index < -0.39 is 0 Å². The van der Waals surface area contributed by atoms with Gasteiger partial charge in [-0.2, -0.15) is 5.10 Å². The molecule has 1 amide bonds. The summed E-state index contributed by atoms with van der Waals surface area (Å²) in [4.78, 5) is 12.1. The SMILES string of the molecule is O=C(N/N=C\[C@@H]1C[C@H]2CC[C@@H]1C2)[C@@H]1C[C@H]2CC[C@H]1C2. The Labute approximate surface area is 115 Å². The van der Waals surface area contributed by atoms with Crippen molar-refractivity contribution in [1.29, 1.82) is 0 Å². The van der Waals surface area contributed by atoms with Gasteiger partial charge in [0.05, 0.1) is 0 Å². The second kappa shape index (κ2) is 4.60. The Bertz CT molecular complexity index is 406. The second-order valence-corrected chi connectivity index (χ2v) is 7.37. The van der Waals surface area contributed by atoms with Crippen molar-refractivity contribution in [3.63, 3.8) is 0 Å². The third-order valence-corrected chi connectivity index (χ3v) is 6.31. The molecule has 0 saturated heterocycles. The van der Waals surface area contributed by atoms with E-state index in [2.05, 4.69) is 10.5 Å². The van der Waals surface area contributed by atoms with E-state index in [0.29, 0.717) is 11.8 Å². The first-order valence-corrected chi connectivity index (χ1v) is 8.12. The first-order valence-electron chi connectivity index (χ1n) is 8.12. The quantitative estimate of drug-likeness (QED) is 0.615. The summed E-state index contributed by atoms with van der Waals surface area (Å²) in [5.41, 5.74) is 2.83. The van der Waals surface area contributed by atoms with E-state index in [1.807, 2.05) is 6.21 Å². The molecule has 3 heteroatoms. The lowest BCUT2D eigenvalue weighted by Gasteiger charge is -2.20. The fourth-order valence-electron chi connectivity index (χ4n) is 5.32. The molecule has 0 aromatic heterocycles. The highest BCUT2D eigenvalue weighted by atomic mass is 16.2. The number of hydrogen-bond donors (Lipinski definition) is 1. The molecule has 4 rings (SSSR count). The van der Waals surface area contributed by atoms with Crippen molar-refractivity contribution in [2.24, 2.45) is 40.6 Å². The number of fused-ring (bicyclic) bond motifs is 4. The summed E-state index contributed by atoms with van der Waals surface area (Å²) in [6.07, 6.45) is 12.5. The molecular weight excluding hydrogens is 236 g/mol. The lowest BCUT2D eigenvalue weighted by Crippen LogP contribution is -2.31. The van der Waals surface area contributed by atoms with Gasteiger partial charge < -0.3 is 0 Å². The Kier molecular flexibility index (Phi) is 2.89. The minimum absolute atomic E-state index is 0.187. The molecule has 19 heavy (non-hydrogen) atoms. The molecule has 4 bridgehead atoms. The average molecular weight is 260 g/mol. The minimum atomic E-state index is 0.187. The molecule has 0 heterocycles. The van der Waals surface area contributed by atoms with Crippen LogP contribution in [0.25, 0.3) is 0 Å². The molecule has 0 aliphatic heterocycles. The summed E-state index contributed by atoms with van der Waals surface area (Å²) in [6, 6.07) is 0. The number of nitrogens with zero attached hydrogens (tertiary/aromatic N) is 1. The van der Waals surface area contributed by atoms with Gasteiger partial charge in [0.25, 0.3) is 0 Å². The van der Waals surface area contributed by atoms with Crippen LogP contribution >= 0.6 is 0 Å². The summed E-state index contributed by atoms with van der Waals surface area (Å²) in [5, 5.41) is 4.28. The van der Waals surface area contributed by atoms with Gasteiger partial charge in [0.2, 0.25) is 5.91 Å².